The Hall–Kier alpha value is -2.15. The fraction of sp³-hybridized carbons (Fsp3) is 0.593. The van der Waals surface area contributed by atoms with Gasteiger partial charge in [-0.05, 0) is 81.1 Å². The van der Waals surface area contributed by atoms with Crippen LogP contribution in [-0.2, 0) is 16.0 Å². The SMILES string of the molecule is CCCCCCCN(CCc1ccc(OC(C)(C)C(=O)OC(C)(C)C)cc1)c1ncc(Br)cn1. The quantitative estimate of drug-likeness (QED) is 0.209. The standard InChI is InChI=1S/C27H40BrN3O3/c1-7-8-9-10-11-17-31(25-29-19-22(28)20-30-25)18-16-21-12-14-23(15-13-21)33-27(5,6)24(32)34-26(2,3)4/h12-15,19-20H,7-11,16-18H2,1-6H3. The van der Waals surface area contributed by atoms with Gasteiger partial charge in [0.1, 0.15) is 11.4 Å². The van der Waals surface area contributed by atoms with Gasteiger partial charge < -0.3 is 14.4 Å². The van der Waals surface area contributed by atoms with Crippen LogP contribution in [0, 0.1) is 0 Å². The molecule has 1 aromatic heterocycles. The molecule has 0 amide bonds. The number of anilines is 1. The molecule has 0 N–H and O–H groups in total. The minimum Gasteiger partial charge on any atom is -0.476 e. The van der Waals surface area contributed by atoms with E-state index in [0.717, 1.165) is 36.4 Å². The third-order valence-electron chi connectivity index (χ3n) is 5.28. The van der Waals surface area contributed by atoms with Gasteiger partial charge >= 0.3 is 5.97 Å². The van der Waals surface area contributed by atoms with Crippen LogP contribution >= 0.6 is 15.9 Å². The van der Waals surface area contributed by atoms with Crippen molar-refractivity contribution >= 4 is 27.8 Å². The molecule has 0 aliphatic heterocycles. The van der Waals surface area contributed by atoms with E-state index in [9.17, 15) is 4.79 Å². The molecule has 0 saturated carbocycles. The van der Waals surface area contributed by atoms with Gasteiger partial charge in [-0.2, -0.15) is 0 Å². The summed E-state index contributed by atoms with van der Waals surface area (Å²) in [4.78, 5) is 23.7. The minimum atomic E-state index is -1.07. The minimum absolute atomic E-state index is 0.381. The Morgan fingerprint density at radius 3 is 2.15 bits per heavy atom. The van der Waals surface area contributed by atoms with E-state index < -0.39 is 11.2 Å². The number of ether oxygens (including phenoxy) is 2. The maximum absolute atomic E-state index is 12.5. The van der Waals surface area contributed by atoms with Gasteiger partial charge in [0.25, 0.3) is 0 Å². The molecule has 0 unspecified atom stereocenters. The molecular formula is C27H40BrN3O3. The molecule has 0 saturated heterocycles. The van der Waals surface area contributed by atoms with Crippen LogP contribution in [0.2, 0.25) is 0 Å². The summed E-state index contributed by atoms with van der Waals surface area (Å²) in [6, 6.07) is 7.91. The number of unbranched alkanes of at least 4 members (excludes halogenated alkanes) is 4. The number of nitrogens with zero attached hydrogens (tertiary/aromatic N) is 3. The Kier molecular flexibility index (Phi) is 10.8. The van der Waals surface area contributed by atoms with Gasteiger partial charge in [0.05, 0.1) is 4.47 Å². The van der Waals surface area contributed by atoms with Crippen molar-refractivity contribution in [2.45, 2.75) is 91.3 Å². The molecule has 0 aliphatic rings. The van der Waals surface area contributed by atoms with Crippen molar-refractivity contribution in [2.24, 2.45) is 0 Å². The molecule has 0 atom stereocenters. The van der Waals surface area contributed by atoms with E-state index in [4.69, 9.17) is 9.47 Å². The van der Waals surface area contributed by atoms with Crippen molar-refractivity contribution in [2.75, 3.05) is 18.0 Å². The average Bonchev–Trinajstić information content (AvgIpc) is 2.76. The number of halogens is 1. The Morgan fingerprint density at radius 2 is 1.56 bits per heavy atom. The fourth-order valence-corrected chi connectivity index (χ4v) is 3.62. The molecule has 2 aromatic rings. The lowest BCUT2D eigenvalue weighted by atomic mass is 10.1. The molecule has 1 aromatic carbocycles. The van der Waals surface area contributed by atoms with Gasteiger partial charge in [0.15, 0.2) is 5.60 Å². The largest absolute Gasteiger partial charge is 0.476 e. The zero-order valence-corrected chi connectivity index (χ0v) is 23.2. The zero-order chi connectivity index (χ0) is 25.2. The molecule has 0 radical (unpaired) electrons. The molecule has 7 heteroatoms. The highest BCUT2D eigenvalue weighted by molar-refractivity contribution is 9.10. The van der Waals surface area contributed by atoms with Crippen molar-refractivity contribution in [3.05, 3.63) is 46.7 Å². The first kappa shape index (κ1) is 28.1. The maximum atomic E-state index is 12.5. The number of hydrogen-bond acceptors (Lipinski definition) is 6. The number of rotatable bonds is 13. The highest BCUT2D eigenvalue weighted by Gasteiger charge is 2.34. The lowest BCUT2D eigenvalue weighted by Crippen LogP contribution is -2.43. The summed E-state index contributed by atoms with van der Waals surface area (Å²) in [5.41, 5.74) is -0.430. The summed E-state index contributed by atoms with van der Waals surface area (Å²) in [5, 5.41) is 0. The van der Waals surface area contributed by atoms with Gasteiger partial charge in [-0.15, -0.1) is 0 Å². The van der Waals surface area contributed by atoms with E-state index in [2.05, 4.69) is 37.7 Å². The molecule has 188 valence electrons. The average molecular weight is 535 g/mol. The normalized spacial score (nSPS) is 11.9. The molecule has 0 fully saturated rings. The number of aromatic nitrogens is 2. The lowest BCUT2D eigenvalue weighted by molar-refractivity contribution is -0.170. The molecular weight excluding hydrogens is 494 g/mol. The van der Waals surface area contributed by atoms with Crippen molar-refractivity contribution in [1.82, 2.24) is 9.97 Å². The summed E-state index contributed by atoms with van der Waals surface area (Å²) < 4.78 is 12.3. The highest BCUT2D eigenvalue weighted by atomic mass is 79.9. The molecule has 34 heavy (non-hydrogen) atoms. The molecule has 0 bridgehead atoms. The summed E-state index contributed by atoms with van der Waals surface area (Å²) in [6.45, 7) is 13.0. The van der Waals surface area contributed by atoms with Crippen molar-refractivity contribution in [3.63, 3.8) is 0 Å². The predicted octanol–water partition coefficient (Wildman–Crippen LogP) is 6.76. The van der Waals surface area contributed by atoms with Crippen LogP contribution in [0.25, 0.3) is 0 Å². The molecule has 0 spiro atoms. The topological polar surface area (TPSA) is 64.5 Å². The number of benzene rings is 1. The smallest absolute Gasteiger partial charge is 0.350 e. The zero-order valence-electron chi connectivity index (χ0n) is 21.6. The fourth-order valence-electron chi connectivity index (χ4n) is 3.41. The Labute approximate surface area is 213 Å². The summed E-state index contributed by atoms with van der Waals surface area (Å²) in [6.07, 6.45) is 10.6. The lowest BCUT2D eigenvalue weighted by Gasteiger charge is -2.29. The van der Waals surface area contributed by atoms with E-state index in [1.165, 1.54) is 31.2 Å². The first-order valence-corrected chi connectivity index (χ1v) is 13.0. The van der Waals surface area contributed by atoms with E-state index >= 15 is 0 Å². The van der Waals surface area contributed by atoms with Gasteiger partial charge in [0, 0.05) is 25.5 Å². The van der Waals surface area contributed by atoms with Crippen LogP contribution < -0.4 is 9.64 Å². The van der Waals surface area contributed by atoms with Crippen LogP contribution in [0.4, 0.5) is 5.95 Å². The van der Waals surface area contributed by atoms with E-state index in [1.807, 2.05) is 45.0 Å². The third-order valence-corrected chi connectivity index (χ3v) is 5.69. The maximum Gasteiger partial charge on any atom is 0.350 e. The van der Waals surface area contributed by atoms with Gasteiger partial charge in [-0.25, -0.2) is 14.8 Å². The molecule has 1 heterocycles. The monoisotopic (exact) mass is 533 g/mol. The molecule has 2 rings (SSSR count). The van der Waals surface area contributed by atoms with E-state index in [-0.39, 0.29) is 5.97 Å². The second-order valence-electron chi connectivity index (χ2n) is 10.1. The Morgan fingerprint density at radius 1 is 0.941 bits per heavy atom. The second-order valence-corrected chi connectivity index (χ2v) is 11.0. The number of hydrogen-bond donors (Lipinski definition) is 0. The van der Waals surface area contributed by atoms with Crippen LogP contribution in [0.1, 0.15) is 79.2 Å². The van der Waals surface area contributed by atoms with Crippen LogP contribution in [-0.4, -0.2) is 40.2 Å². The van der Waals surface area contributed by atoms with Gasteiger partial charge in [-0.1, -0.05) is 44.7 Å². The first-order valence-electron chi connectivity index (χ1n) is 12.2. The van der Waals surface area contributed by atoms with E-state index in [1.54, 1.807) is 26.2 Å². The van der Waals surface area contributed by atoms with Gasteiger partial charge in [0.2, 0.25) is 5.95 Å². The second kappa shape index (κ2) is 13.1. The van der Waals surface area contributed by atoms with Crippen LogP contribution in [0.15, 0.2) is 41.1 Å². The summed E-state index contributed by atoms with van der Waals surface area (Å²) >= 11 is 3.42. The molecule has 6 nitrogen and oxygen atoms in total. The van der Waals surface area contributed by atoms with Crippen molar-refractivity contribution in [1.29, 1.82) is 0 Å². The number of carbonyl (C=O) groups excluding carboxylic acids is 1. The van der Waals surface area contributed by atoms with E-state index in [0.29, 0.717) is 5.75 Å². The first-order chi connectivity index (χ1) is 16.0. The van der Waals surface area contributed by atoms with Crippen LogP contribution in [0.3, 0.4) is 0 Å². The van der Waals surface area contributed by atoms with Gasteiger partial charge in [-0.3, -0.25) is 0 Å². The van der Waals surface area contributed by atoms with Crippen molar-refractivity contribution in [3.8, 4) is 5.75 Å². The summed E-state index contributed by atoms with van der Waals surface area (Å²) in [7, 11) is 0. The predicted molar refractivity (Wildman–Crippen MR) is 141 cm³/mol. The summed E-state index contributed by atoms with van der Waals surface area (Å²) in [5.74, 6) is 1.02. The molecule has 0 aliphatic carbocycles. The number of carbonyl (C=O) groups is 1. The Balaban J connectivity index is 1.97. The van der Waals surface area contributed by atoms with Crippen LogP contribution in [0.5, 0.6) is 5.75 Å². The number of esters is 1. The highest BCUT2D eigenvalue weighted by Crippen LogP contribution is 2.23. The Bertz CT molecular complexity index is 877. The third kappa shape index (κ3) is 10.00. The van der Waals surface area contributed by atoms with Crippen molar-refractivity contribution < 1.29 is 14.3 Å².